The van der Waals surface area contributed by atoms with Crippen LogP contribution in [0.2, 0.25) is 5.02 Å². The number of benzene rings is 1. The van der Waals surface area contributed by atoms with Crippen LogP contribution in [0.5, 0.6) is 5.75 Å². The van der Waals surface area contributed by atoms with E-state index >= 15 is 0 Å². The number of carbonyl (C=O) groups excluding carboxylic acids is 1. The largest absolute Gasteiger partial charge is 0.493 e. The summed E-state index contributed by atoms with van der Waals surface area (Å²) in [5.41, 5.74) is 3.39. The highest BCUT2D eigenvalue weighted by molar-refractivity contribution is 6.31. The minimum absolute atomic E-state index is 0.0385. The van der Waals surface area contributed by atoms with E-state index in [0.717, 1.165) is 0 Å². The molecule has 0 unspecified atom stereocenters. The van der Waals surface area contributed by atoms with Gasteiger partial charge in [0.1, 0.15) is 5.75 Å². The number of halogens is 2. The van der Waals surface area contributed by atoms with Crippen molar-refractivity contribution in [2.45, 2.75) is 19.4 Å². The topological polar surface area (TPSA) is 85.6 Å². The van der Waals surface area contributed by atoms with Gasteiger partial charge in [-0.05, 0) is 25.0 Å². The van der Waals surface area contributed by atoms with E-state index in [1.807, 2.05) is 0 Å². The molecule has 0 spiro atoms. The van der Waals surface area contributed by atoms with Crippen LogP contribution in [0.15, 0.2) is 6.07 Å². The van der Waals surface area contributed by atoms with Crippen LogP contribution in [0, 0.1) is 5.82 Å². The molecule has 1 amide bonds. The predicted octanol–water partition coefficient (Wildman–Crippen LogP) is 1.66. The number of hydrogen-bond acceptors (Lipinski definition) is 5. The lowest BCUT2D eigenvalue weighted by atomic mass is 10.0. The van der Waals surface area contributed by atoms with Gasteiger partial charge in [0, 0.05) is 6.54 Å². The molecule has 1 saturated heterocycles. The number of carbonyl (C=O) groups is 1. The van der Waals surface area contributed by atoms with E-state index in [1.165, 1.54) is 6.07 Å². The zero-order chi connectivity index (χ0) is 15.4. The molecule has 1 heterocycles. The minimum Gasteiger partial charge on any atom is -0.493 e. The van der Waals surface area contributed by atoms with Crippen LogP contribution in [-0.4, -0.2) is 25.8 Å². The smallest absolute Gasteiger partial charge is 0.407 e. The molecule has 0 aromatic heterocycles. The summed E-state index contributed by atoms with van der Waals surface area (Å²) in [5, 5.41) is 2.45. The monoisotopic (exact) mass is 317 g/mol. The molecule has 116 valence electrons. The first-order chi connectivity index (χ1) is 10.1. The van der Waals surface area contributed by atoms with Gasteiger partial charge in [-0.15, -0.1) is 0 Å². The number of nitrogens with one attached hydrogen (secondary N) is 2. The quantitative estimate of drug-likeness (QED) is 0.549. The van der Waals surface area contributed by atoms with E-state index in [1.54, 1.807) is 6.92 Å². The number of rotatable bonds is 6. The van der Waals surface area contributed by atoms with Gasteiger partial charge in [0.25, 0.3) is 0 Å². The van der Waals surface area contributed by atoms with Crippen molar-refractivity contribution in [2.75, 3.05) is 19.7 Å². The Balaban J connectivity index is 2.48. The Kier molecular flexibility index (Phi) is 5.22. The van der Waals surface area contributed by atoms with E-state index in [2.05, 4.69) is 10.7 Å². The lowest BCUT2D eigenvalue weighted by Crippen LogP contribution is -2.24. The molecule has 0 bridgehead atoms. The highest BCUT2D eigenvalue weighted by Crippen LogP contribution is 2.38. The maximum absolute atomic E-state index is 14.4. The van der Waals surface area contributed by atoms with E-state index in [4.69, 9.17) is 26.9 Å². The van der Waals surface area contributed by atoms with Crippen LogP contribution in [0.1, 0.15) is 24.2 Å². The van der Waals surface area contributed by atoms with Crippen LogP contribution in [0.4, 0.5) is 9.18 Å². The molecule has 1 atom stereocenters. The molecular formula is C13H17ClFN3O3. The molecule has 1 fully saturated rings. The highest BCUT2D eigenvalue weighted by atomic mass is 35.5. The fourth-order valence-corrected chi connectivity index (χ4v) is 2.46. The lowest BCUT2D eigenvalue weighted by Gasteiger charge is -2.19. The van der Waals surface area contributed by atoms with Gasteiger partial charge in [-0.3, -0.25) is 11.3 Å². The predicted molar refractivity (Wildman–Crippen MR) is 75.7 cm³/mol. The Hall–Kier alpha value is -1.57. The van der Waals surface area contributed by atoms with Crippen molar-refractivity contribution in [1.82, 2.24) is 10.7 Å². The summed E-state index contributed by atoms with van der Waals surface area (Å²) in [4.78, 5) is 11.2. The van der Waals surface area contributed by atoms with Crippen LogP contribution >= 0.6 is 11.6 Å². The second-order valence-electron chi connectivity index (χ2n) is 4.49. The maximum atomic E-state index is 14.4. The molecule has 4 N–H and O–H groups in total. The summed E-state index contributed by atoms with van der Waals surface area (Å²) in [6, 6.07) is 1.51. The molecule has 1 aliphatic rings. The normalized spacial score (nSPS) is 17.5. The summed E-state index contributed by atoms with van der Waals surface area (Å²) < 4.78 is 25.0. The van der Waals surface area contributed by atoms with E-state index in [9.17, 15) is 9.18 Å². The van der Waals surface area contributed by atoms with E-state index < -0.39 is 18.0 Å². The van der Waals surface area contributed by atoms with Crippen LogP contribution in [0.3, 0.4) is 0 Å². The zero-order valence-electron chi connectivity index (χ0n) is 11.5. The van der Waals surface area contributed by atoms with Gasteiger partial charge < -0.3 is 14.8 Å². The highest BCUT2D eigenvalue weighted by Gasteiger charge is 2.32. The van der Waals surface area contributed by atoms with Crippen molar-refractivity contribution in [3.63, 3.8) is 0 Å². The van der Waals surface area contributed by atoms with Gasteiger partial charge >= 0.3 is 6.09 Å². The number of hydrogen-bond donors (Lipinski definition) is 3. The van der Waals surface area contributed by atoms with Gasteiger partial charge in [0.15, 0.2) is 11.9 Å². The molecule has 6 nitrogen and oxygen atoms in total. The first-order valence-corrected chi connectivity index (χ1v) is 6.97. The molecule has 0 radical (unpaired) electrons. The second kappa shape index (κ2) is 6.93. The Morgan fingerprint density at radius 3 is 3.00 bits per heavy atom. The zero-order valence-corrected chi connectivity index (χ0v) is 12.3. The Morgan fingerprint density at radius 1 is 1.67 bits per heavy atom. The second-order valence-corrected chi connectivity index (χ2v) is 4.89. The van der Waals surface area contributed by atoms with Crippen molar-refractivity contribution in [3.05, 3.63) is 28.0 Å². The van der Waals surface area contributed by atoms with Crippen LogP contribution in [0.25, 0.3) is 0 Å². The van der Waals surface area contributed by atoms with Gasteiger partial charge in [-0.25, -0.2) is 9.18 Å². The molecule has 1 aromatic rings. The maximum Gasteiger partial charge on any atom is 0.407 e. The standard InChI is InChI=1S/C13H17ClFN3O3/c1-2-20-12-7(3-4-18-16)5-8(14)11(15)10(12)9-6-17-13(19)21-9/h5,9,18H,2-4,6,16H2,1H3,(H,17,19)/t9-/m0/s1. The van der Waals surface area contributed by atoms with Gasteiger partial charge in [-0.1, -0.05) is 11.6 Å². The van der Waals surface area contributed by atoms with Gasteiger partial charge in [-0.2, -0.15) is 0 Å². The third-order valence-electron chi connectivity index (χ3n) is 3.11. The van der Waals surface area contributed by atoms with Crippen molar-refractivity contribution >= 4 is 17.7 Å². The number of nitrogens with two attached hydrogens (primary N) is 1. The van der Waals surface area contributed by atoms with Crippen molar-refractivity contribution in [3.8, 4) is 5.75 Å². The van der Waals surface area contributed by atoms with Crippen molar-refractivity contribution < 1.29 is 18.7 Å². The van der Waals surface area contributed by atoms with E-state index in [0.29, 0.717) is 30.9 Å². The first-order valence-electron chi connectivity index (χ1n) is 6.60. The minimum atomic E-state index is -0.762. The molecule has 8 heteroatoms. The number of alkyl carbamates (subject to hydrolysis) is 1. The molecule has 1 aromatic carbocycles. The average molecular weight is 318 g/mol. The summed E-state index contributed by atoms with van der Waals surface area (Å²) in [7, 11) is 0. The third-order valence-corrected chi connectivity index (χ3v) is 3.39. The molecule has 21 heavy (non-hydrogen) atoms. The number of cyclic esters (lactones) is 1. The Bertz CT molecular complexity index is 542. The number of amides is 1. The van der Waals surface area contributed by atoms with Crippen molar-refractivity contribution in [2.24, 2.45) is 5.84 Å². The summed E-state index contributed by atoms with van der Waals surface area (Å²) in [6.07, 6.45) is -0.846. The Morgan fingerprint density at radius 2 is 2.43 bits per heavy atom. The summed E-state index contributed by atoms with van der Waals surface area (Å²) in [5.74, 6) is 4.99. The first kappa shape index (κ1) is 15.8. The Labute approximate surface area is 126 Å². The number of ether oxygens (including phenoxy) is 2. The van der Waals surface area contributed by atoms with Crippen LogP contribution in [-0.2, 0) is 11.2 Å². The molecule has 0 aliphatic carbocycles. The fraction of sp³-hybridized carbons (Fsp3) is 0.462. The lowest BCUT2D eigenvalue weighted by molar-refractivity contribution is 0.137. The average Bonchev–Trinajstić information content (AvgIpc) is 2.88. The van der Waals surface area contributed by atoms with E-state index in [-0.39, 0.29) is 17.1 Å². The fourth-order valence-electron chi connectivity index (χ4n) is 2.23. The molecule has 0 saturated carbocycles. The van der Waals surface area contributed by atoms with Gasteiger partial charge in [0.2, 0.25) is 0 Å². The summed E-state index contributed by atoms with van der Waals surface area (Å²) >= 11 is 5.94. The molecule has 1 aliphatic heterocycles. The SMILES string of the molecule is CCOc1c(CCNN)cc(Cl)c(F)c1[C@@H]1CNC(=O)O1. The van der Waals surface area contributed by atoms with Crippen LogP contribution < -0.4 is 21.3 Å². The molecule has 2 rings (SSSR count). The van der Waals surface area contributed by atoms with Crippen molar-refractivity contribution in [1.29, 1.82) is 0 Å². The number of hydrazine groups is 1. The third kappa shape index (κ3) is 3.37. The van der Waals surface area contributed by atoms with Gasteiger partial charge in [0.05, 0.1) is 23.7 Å². The summed E-state index contributed by atoms with van der Waals surface area (Å²) in [6.45, 7) is 2.79. The molecular weight excluding hydrogens is 301 g/mol.